The molecule has 0 radical (unpaired) electrons. The Kier molecular flexibility index (Phi) is 4.45. The van der Waals surface area contributed by atoms with Crippen molar-refractivity contribution in [1.82, 2.24) is 0 Å². The Morgan fingerprint density at radius 1 is 1.29 bits per heavy atom. The molecule has 0 amide bonds. The Hall–Kier alpha value is -1.13. The monoisotopic (exact) mass is 294 g/mol. The number of aliphatic hydroxyl groups is 1. The third-order valence-corrected chi connectivity index (χ3v) is 4.70. The second-order valence-corrected chi connectivity index (χ2v) is 6.23. The number of benzene rings is 1. The first kappa shape index (κ1) is 14.8. The van der Waals surface area contributed by atoms with Gasteiger partial charge in [0, 0.05) is 18.4 Å². The first-order valence-corrected chi connectivity index (χ1v) is 7.91. The maximum atomic E-state index is 13.2. The fraction of sp³-hybridized carbons (Fsp3) is 0.647. The Bertz CT molecular complexity index is 477. The summed E-state index contributed by atoms with van der Waals surface area (Å²) in [5.41, 5.74) is 0.500. The van der Waals surface area contributed by atoms with Crippen LogP contribution in [0, 0.1) is 5.82 Å². The lowest BCUT2D eigenvalue weighted by molar-refractivity contribution is -0.129. The summed E-state index contributed by atoms with van der Waals surface area (Å²) < 4.78 is 25.3. The van der Waals surface area contributed by atoms with Gasteiger partial charge in [-0.25, -0.2) is 4.39 Å². The van der Waals surface area contributed by atoms with Crippen LogP contribution < -0.4 is 4.74 Å². The molecule has 21 heavy (non-hydrogen) atoms. The number of hydrogen-bond donors (Lipinski definition) is 1. The van der Waals surface area contributed by atoms with Crippen LogP contribution >= 0.6 is 0 Å². The van der Waals surface area contributed by atoms with Crippen LogP contribution in [0.25, 0.3) is 0 Å². The van der Waals surface area contributed by atoms with E-state index in [0.717, 1.165) is 32.3 Å². The molecule has 1 aliphatic heterocycles. The van der Waals surface area contributed by atoms with Crippen LogP contribution in [-0.2, 0) is 11.3 Å². The van der Waals surface area contributed by atoms with E-state index in [0.29, 0.717) is 11.3 Å². The van der Waals surface area contributed by atoms with Crippen molar-refractivity contribution in [3.05, 3.63) is 29.6 Å². The zero-order valence-electron chi connectivity index (χ0n) is 12.3. The van der Waals surface area contributed by atoms with Crippen LogP contribution in [0.2, 0.25) is 0 Å². The largest absolute Gasteiger partial charge is 0.490 e. The molecule has 1 atom stereocenters. The number of ether oxygens (including phenoxy) is 2. The fourth-order valence-corrected chi connectivity index (χ4v) is 3.59. The number of aliphatic hydroxyl groups excluding tert-OH is 1. The van der Waals surface area contributed by atoms with Gasteiger partial charge in [-0.15, -0.1) is 0 Å². The molecule has 3 rings (SSSR count). The van der Waals surface area contributed by atoms with Crippen LogP contribution in [0.1, 0.15) is 50.5 Å². The molecule has 3 nitrogen and oxygen atoms in total. The van der Waals surface area contributed by atoms with Crippen LogP contribution in [0.5, 0.6) is 5.75 Å². The Labute approximate surface area is 125 Å². The number of rotatable bonds is 3. The topological polar surface area (TPSA) is 38.7 Å². The van der Waals surface area contributed by atoms with Crippen molar-refractivity contribution >= 4 is 0 Å². The van der Waals surface area contributed by atoms with Crippen molar-refractivity contribution in [1.29, 1.82) is 0 Å². The second kappa shape index (κ2) is 6.32. The molecular formula is C17H23FO3. The molecule has 1 aromatic carbocycles. The minimum atomic E-state index is -0.345. The molecule has 1 unspecified atom stereocenters. The molecular weight excluding hydrogens is 271 g/mol. The van der Waals surface area contributed by atoms with Gasteiger partial charge in [0.2, 0.25) is 0 Å². The highest BCUT2D eigenvalue weighted by molar-refractivity contribution is 5.33. The summed E-state index contributed by atoms with van der Waals surface area (Å²) in [6.45, 7) is 0.516. The second-order valence-electron chi connectivity index (χ2n) is 6.23. The molecule has 1 aromatic rings. The van der Waals surface area contributed by atoms with Gasteiger partial charge in [-0.1, -0.05) is 19.3 Å². The van der Waals surface area contributed by atoms with E-state index in [-0.39, 0.29) is 24.1 Å². The maximum Gasteiger partial charge on any atom is 0.125 e. The van der Waals surface area contributed by atoms with Gasteiger partial charge >= 0.3 is 0 Å². The quantitative estimate of drug-likeness (QED) is 0.926. The normalized spacial score (nSPS) is 25.0. The molecule has 1 N–H and O–H groups in total. The molecule has 1 saturated heterocycles. The summed E-state index contributed by atoms with van der Waals surface area (Å²) >= 11 is 0. The Morgan fingerprint density at radius 3 is 2.86 bits per heavy atom. The molecule has 4 heteroatoms. The molecule has 1 heterocycles. The van der Waals surface area contributed by atoms with Crippen LogP contribution in [0.4, 0.5) is 4.39 Å². The Morgan fingerprint density at radius 2 is 2.10 bits per heavy atom. The number of hydrogen-bond acceptors (Lipinski definition) is 3. The van der Waals surface area contributed by atoms with Gasteiger partial charge in [-0.2, -0.15) is 0 Å². The van der Waals surface area contributed by atoms with Crippen molar-refractivity contribution in [3.8, 4) is 5.75 Å². The highest BCUT2D eigenvalue weighted by Gasteiger charge is 2.39. The average molecular weight is 294 g/mol. The van der Waals surface area contributed by atoms with Gasteiger partial charge in [0.15, 0.2) is 0 Å². The van der Waals surface area contributed by atoms with Gasteiger partial charge in [0.05, 0.1) is 18.8 Å². The van der Waals surface area contributed by atoms with E-state index < -0.39 is 0 Å². The van der Waals surface area contributed by atoms with Gasteiger partial charge in [0.25, 0.3) is 0 Å². The molecule has 2 fully saturated rings. The first-order chi connectivity index (χ1) is 10.2. The Balaban J connectivity index is 1.70. The average Bonchev–Trinajstić information content (AvgIpc) is 2.50. The van der Waals surface area contributed by atoms with Crippen LogP contribution in [-0.4, -0.2) is 23.4 Å². The summed E-state index contributed by atoms with van der Waals surface area (Å²) in [5.74, 6) is 0.249. The third-order valence-electron chi connectivity index (χ3n) is 4.70. The minimum absolute atomic E-state index is 0.0133. The van der Waals surface area contributed by atoms with Crippen molar-refractivity contribution in [2.24, 2.45) is 0 Å². The lowest BCUT2D eigenvalue weighted by atomic mass is 9.79. The van der Waals surface area contributed by atoms with E-state index in [9.17, 15) is 9.50 Å². The number of halogens is 1. The van der Waals surface area contributed by atoms with E-state index >= 15 is 0 Å². The predicted molar refractivity (Wildman–Crippen MR) is 77.7 cm³/mol. The smallest absolute Gasteiger partial charge is 0.125 e. The van der Waals surface area contributed by atoms with Gasteiger partial charge in [0.1, 0.15) is 17.7 Å². The lowest BCUT2D eigenvalue weighted by Gasteiger charge is -2.43. The van der Waals surface area contributed by atoms with Crippen molar-refractivity contribution < 1.29 is 19.0 Å². The fourth-order valence-electron chi connectivity index (χ4n) is 3.59. The molecule has 0 aromatic heterocycles. The van der Waals surface area contributed by atoms with Crippen molar-refractivity contribution in [3.63, 3.8) is 0 Å². The van der Waals surface area contributed by atoms with E-state index in [1.54, 1.807) is 6.07 Å². The molecule has 116 valence electrons. The zero-order chi connectivity index (χ0) is 14.7. The molecule has 1 spiro atoms. The molecule has 0 bridgehead atoms. The van der Waals surface area contributed by atoms with Gasteiger partial charge in [-0.05, 0) is 31.0 Å². The lowest BCUT2D eigenvalue weighted by Crippen LogP contribution is -2.45. The van der Waals surface area contributed by atoms with Crippen molar-refractivity contribution in [2.75, 3.05) is 6.61 Å². The SMILES string of the molecule is OCc1cc(F)ccc1OC1CCOC2(CCCCC2)C1. The summed E-state index contributed by atoms with van der Waals surface area (Å²) in [6.07, 6.45) is 7.82. The highest BCUT2D eigenvalue weighted by atomic mass is 19.1. The predicted octanol–water partition coefficient (Wildman–Crippen LogP) is 3.58. The third kappa shape index (κ3) is 3.38. The zero-order valence-corrected chi connectivity index (χ0v) is 12.3. The van der Waals surface area contributed by atoms with E-state index in [4.69, 9.17) is 9.47 Å². The first-order valence-electron chi connectivity index (χ1n) is 7.91. The highest BCUT2D eigenvalue weighted by Crippen LogP contribution is 2.39. The van der Waals surface area contributed by atoms with Crippen LogP contribution in [0.3, 0.4) is 0 Å². The van der Waals surface area contributed by atoms with Crippen molar-refractivity contribution in [2.45, 2.75) is 63.3 Å². The molecule has 2 aliphatic rings. The molecule has 1 aliphatic carbocycles. The minimum Gasteiger partial charge on any atom is -0.490 e. The summed E-state index contributed by atoms with van der Waals surface area (Å²) in [6, 6.07) is 4.33. The summed E-state index contributed by atoms with van der Waals surface area (Å²) in [7, 11) is 0. The van der Waals surface area contributed by atoms with Gasteiger partial charge in [-0.3, -0.25) is 0 Å². The summed E-state index contributed by atoms with van der Waals surface area (Å²) in [4.78, 5) is 0. The van der Waals surface area contributed by atoms with Crippen LogP contribution in [0.15, 0.2) is 18.2 Å². The summed E-state index contributed by atoms with van der Waals surface area (Å²) in [5, 5.41) is 9.34. The van der Waals surface area contributed by atoms with E-state index in [1.807, 2.05) is 0 Å². The van der Waals surface area contributed by atoms with E-state index in [1.165, 1.54) is 31.4 Å². The maximum absolute atomic E-state index is 13.2. The molecule has 1 saturated carbocycles. The van der Waals surface area contributed by atoms with Gasteiger partial charge < -0.3 is 14.6 Å². The standard InChI is InChI=1S/C17H23FO3/c18-14-4-5-16(13(10-14)12-19)21-15-6-9-20-17(11-15)7-2-1-3-8-17/h4-5,10,15,19H,1-3,6-9,11-12H2. The van der Waals surface area contributed by atoms with E-state index in [2.05, 4.69) is 0 Å².